The molecule has 8 heteroatoms. The molecule has 0 bridgehead atoms. The van der Waals surface area contributed by atoms with Crippen molar-refractivity contribution in [1.82, 2.24) is 10.6 Å². The first kappa shape index (κ1) is 24.4. The smallest absolute Gasteiger partial charge is 0.191 e. The number of hydrogen-bond donors (Lipinski definition) is 2. The number of hydrogen-bond acceptors (Lipinski definition) is 3. The molecule has 28 heavy (non-hydrogen) atoms. The Morgan fingerprint density at radius 1 is 1.14 bits per heavy atom. The van der Waals surface area contributed by atoms with Gasteiger partial charge in [-0.25, -0.2) is 12.8 Å². The number of aryl methyl sites for hydroxylation is 1. The normalized spacial score (nSPS) is 12.8. The Morgan fingerprint density at radius 2 is 1.86 bits per heavy atom. The third-order valence-corrected chi connectivity index (χ3v) is 5.99. The third-order valence-electron chi connectivity index (χ3n) is 4.25. The second-order valence-electron chi connectivity index (χ2n) is 6.44. The van der Waals surface area contributed by atoms with Crippen LogP contribution in [-0.4, -0.2) is 40.3 Å². The van der Waals surface area contributed by atoms with Gasteiger partial charge in [0.05, 0.1) is 5.75 Å². The summed E-state index contributed by atoms with van der Waals surface area (Å²) in [5, 5.41) is 6.16. The van der Waals surface area contributed by atoms with Crippen LogP contribution in [0.5, 0.6) is 0 Å². The maximum absolute atomic E-state index is 13.7. The van der Waals surface area contributed by atoms with Gasteiger partial charge >= 0.3 is 0 Å². The van der Waals surface area contributed by atoms with Crippen molar-refractivity contribution < 1.29 is 12.8 Å². The molecule has 0 fully saturated rings. The molecule has 0 amide bonds. The summed E-state index contributed by atoms with van der Waals surface area (Å²) in [6.07, 6.45) is 0. The number of benzene rings is 2. The van der Waals surface area contributed by atoms with Crippen LogP contribution in [0.2, 0.25) is 0 Å². The number of halogens is 2. The molecule has 0 saturated heterocycles. The van der Waals surface area contributed by atoms with Gasteiger partial charge < -0.3 is 10.6 Å². The molecule has 0 aromatic heterocycles. The topological polar surface area (TPSA) is 70.6 Å². The summed E-state index contributed by atoms with van der Waals surface area (Å²) >= 11 is 0. The largest absolute Gasteiger partial charge is 0.356 e. The van der Waals surface area contributed by atoms with Gasteiger partial charge in [0.1, 0.15) is 10.7 Å². The van der Waals surface area contributed by atoms with E-state index in [0.717, 1.165) is 6.07 Å². The van der Waals surface area contributed by atoms with Crippen LogP contribution in [0.4, 0.5) is 4.39 Å². The summed E-state index contributed by atoms with van der Waals surface area (Å²) in [6, 6.07) is 13.7. The fourth-order valence-corrected chi connectivity index (χ4v) is 3.92. The highest BCUT2D eigenvalue weighted by Gasteiger charge is 2.18. The van der Waals surface area contributed by atoms with Crippen LogP contribution in [-0.2, 0) is 9.84 Å². The summed E-state index contributed by atoms with van der Waals surface area (Å²) in [5.74, 6) is -0.168. The maximum atomic E-state index is 13.7. The van der Waals surface area contributed by atoms with Crippen molar-refractivity contribution in [2.75, 3.05) is 25.9 Å². The highest BCUT2D eigenvalue weighted by molar-refractivity contribution is 14.0. The molecule has 0 radical (unpaired) electrons. The van der Waals surface area contributed by atoms with Gasteiger partial charge in [-0.15, -0.1) is 24.0 Å². The van der Waals surface area contributed by atoms with Crippen LogP contribution in [0.1, 0.15) is 24.0 Å². The fraction of sp³-hybridized carbons (Fsp3) is 0.350. The fourth-order valence-electron chi connectivity index (χ4n) is 2.68. The van der Waals surface area contributed by atoms with Gasteiger partial charge in [0.15, 0.2) is 15.8 Å². The summed E-state index contributed by atoms with van der Waals surface area (Å²) in [6.45, 7) is 4.95. The van der Waals surface area contributed by atoms with Crippen molar-refractivity contribution >= 4 is 39.8 Å². The average Bonchev–Trinajstić information content (AvgIpc) is 2.64. The second kappa shape index (κ2) is 11.4. The van der Waals surface area contributed by atoms with E-state index >= 15 is 0 Å². The molecule has 0 aliphatic rings. The molecular formula is C20H27FIN3O2S. The molecule has 0 spiro atoms. The van der Waals surface area contributed by atoms with E-state index < -0.39 is 15.7 Å². The predicted octanol–water partition coefficient (Wildman–Crippen LogP) is 3.49. The average molecular weight is 519 g/mol. The van der Waals surface area contributed by atoms with Crippen molar-refractivity contribution in [3.8, 4) is 0 Å². The van der Waals surface area contributed by atoms with E-state index in [1.807, 2.05) is 6.07 Å². The first-order valence-corrected chi connectivity index (χ1v) is 10.5. The second-order valence-corrected chi connectivity index (χ2v) is 8.52. The van der Waals surface area contributed by atoms with E-state index in [-0.39, 0.29) is 47.1 Å². The van der Waals surface area contributed by atoms with Gasteiger partial charge in [0, 0.05) is 20.1 Å². The zero-order valence-electron chi connectivity index (χ0n) is 16.3. The first-order chi connectivity index (χ1) is 12.8. The van der Waals surface area contributed by atoms with Crippen LogP contribution in [0.25, 0.3) is 0 Å². The van der Waals surface area contributed by atoms with E-state index in [9.17, 15) is 12.8 Å². The van der Waals surface area contributed by atoms with E-state index in [2.05, 4.69) is 47.7 Å². The zero-order chi connectivity index (χ0) is 19.9. The molecule has 0 saturated carbocycles. The third kappa shape index (κ3) is 7.05. The van der Waals surface area contributed by atoms with Crippen molar-refractivity contribution in [3.05, 3.63) is 65.5 Å². The molecule has 5 nitrogen and oxygen atoms in total. The summed E-state index contributed by atoms with van der Waals surface area (Å²) in [5.41, 5.74) is 2.43. The van der Waals surface area contributed by atoms with Crippen molar-refractivity contribution in [2.45, 2.75) is 24.7 Å². The minimum absolute atomic E-state index is 0. The van der Waals surface area contributed by atoms with Gasteiger partial charge in [-0.05, 0) is 30.5 Å². The Balaban J connectivity index is 0.00000392. The molecule has 0 aliphatic heterocycles. The van der Waals surface area contributed by atoms with Gasteiger partial charge in [0.2, 0.25) is 0 Å². The van der Waals surface area contributed by atoms with Crippen LogP contribution in [0, 0.1) is 12.7 Å². The quantitative estimate of drug-likeness (QED) is 0.334. The Kier molecular flexibility index (Phi) is 9.88. The van der Waals surface area contributed by atoms with E-state index in [4.69, 9.17) is 0 Å². The molecule has 2 aromatic rings. The Bertz CT molecular complexity index is 904. The lowest BCUT2D eigenvalue weighted by molar-refractivity contribution is 0.566. The zero-order valence-corrected chi connectivity index (χ0v) is 19.4. The van der Waals surface area contributed by atoms with E-state index in [1.165, 1.54) is 29.3 Å². The number of rotatable bonds is 7. The first-order valence-electron chi connectivity index (χ1n) is 8.82. The Labute approximate surface area is 183 Å². The molecule has 154 valence electrons. The minimum Gasteiger partial charge on any atom is -0.356 e. The van der Waals surface area contributed by atoms with Gasteiger partial charge in [-0.3, -0.25) is 4.99 Å². The molecule has 2 aromatic carbocycles. The highest BCUT2D eigenvalue weighted by Crippen LogP contribution is 2.16. The standard InChI is InChI=1S/C20H26FN3O2S.HI/c1-15-7-6-8-17(13-15)16(2)14-24-20(22-3)23-11-12-27(25,26)19-10-5-4-9-18(19)21;/h4-10,13,16H,11-12,14H2,1-3H3,(H2,22,23,24);1H. The molecule has 0 aliphatic carbocycles. The van der Waals surface area contributed by atoms with Crippen LogP contribution in [0.15, 0.2) is 58.4 Å². The molecular weight excluding hydrogens is 492 g/mol. The number of sulfone groups is 1. The number of nitrogens with zero attached hydrogens (tertiary/aromatic N) is 1. The van der Waals surface area contributed by atoms with Crippen LogP contribution in [0.3, 0.4) is 0 Å². The molecule has 2 rings (SSSR count). The SMILES string of the molecule is CN=C(NCCS(=O)(=O)c1ccccc1F)NCC(C)c1cccc(C)c1.I. The lowest BCUT2D eigenvalue weighted by atomic mass is 9.99. The van der Waals surface area contributed by atoms with Crippen LogP contribution < -0.4 is 10.6 Å². The maximum Gasteiger partial charge on any atom is 0.191 e. The summed E-state index contributed by atoms with van der Waals surface area (Å²) in [4.78, 5) is 3.83. The van der Waals surface area contributed by atoms with E-state index in [0.29, 0.717) is 12.5 Å². The Hall–Kier alpha value is -1.68. The number of nitrogens with one attached hydrogen (secondary N) is 2. The summed E-state index contributed by atoms with van der Waals surface area (Å²) in [7, 11) is -2.07. The lowest BCUT2D eigenvalue weighted by Gasteiger charge is -2.17. The number of aliphatic imine (C=N–C) groups is 1. The molecule has 0 heterocycles. The molecule has 2 N–H and O–H groups in total. The highest BCUT2D eigenvalue weighted by atomic mass is 127. The minimum atomic E-state index is -3.69. The number of guanidine groups is 1. The van der Waals surface area contributed by atoms with Gasteiger partial charge in [-0.2, -0.15) is 0 Å². The predicted molar refractivity (Wildman–Crippen MR) is 123 cm³/mol. The van der Waals surface area contributed by atoms with Gasteiger partial charge in [0.25, 0.3) is 0 Å². The van der Waals surface area contributed by atoms with Crippen molar-refractivity contribution in [2.24, 2.45) is 4.99 Å². The monoisotopic (exact) mass is 519 g/mol. The van der Waals surface area contributed by atoms with Gasteiger partial charge in [-0.1, -0.05) is 48.9 Å². The van der Waals surface area contributed by atoms with Crippen LogP contribution >= 0.6 is 24.0 Å². The van der Waals surface area contributed by atoms with Crippen molar-refractivity contribution in [3.63, 3.8) is 0 Å². The van der Waals surface area contributed by atoms with Crippen molar-refractivity contribution in [1.29, 1.82) is 0 Å². The lowest BCUT2D eigenvalue weighted by Crippen LogP contribution is -2.41. The van der Waals surface area contributed by atoms with E-state index in [1.54, 1.807) is 7.05 Å². The molecule has 1 atom stereocenters. The molecule has 1 unspecified atom stereocenters. The summed E-state index contributed by atoms with van der Waals surface area (Å²) < 4.78 is 38.2. The Morgan fingerprint density at radius 3 is 2.50 bits per heavy atom.